The van der Waals surface area contributed by atoms with Gasteiger partial charge in [0.25, 0.3) is 5.91 Å². The van der Waals surface area contributed by atoms with E-state index in [2.05, 4.69) is 15.3 Å². The number of aromatic nitrogens is 2. The summed E-state index contributed by atoms with van der Waals surface area (Å²) < 4.78 is 13.2. The molecule has 0 aliphatic heterocycles. The fraction of sp³-hybridized carbons (Fsp3) is 0.0556. The van der Waals surface area contributed by atoms with E-state index in [0.717, 1.165) is 5.56 Å². The Hall–Kier alpha value is -2.79. The maximum absolute atomic E-state index is 13.2. The molecule has 3 rings (SSSR count). The minimum atomic E-state index is -0.363. The van der Waals surface area contributed by atoms with Crippen molar-refractivity contribution in [3.8, 4) is 11.4 Å². The van der Waals surface area contributed by atoms with Crippen molar-refractivity contribution >= 4 is 17.5 Å². The quantitative estimate of drug-likeness (QED) is 0.783. The Labute approximate surface area is 143 Å². The Bertz CT molecular complexity index is 868. The third-order valence-electron chi connectivity index (χ3n) is 3.39. The van der Waals surface area contributed by atoms with Crippen molar-refractivity contribution in [1.29, 1.82) is 0 Å². The fourth-order valence-electron chi connectivity index (χ4n) is 2.14. The molecule has 3 aromatic rings. The molecule has 1 amide bonds. The lowest BCUT2D eigenvalue weighted by atomic mass is 10.2. The average molecular weight is 342 g/mol. The van der Waals surface area contributed by atoms with Crippen molar-refractivity contribution < 1.29 is 9.18 Å². The van der Waals surface area contributed by atoms with Crippen molar-refractivity contribution in [3.05, 3.63) is 82.9 Å². The number of amides is 1. The summed E-state index contributed by atoms with van der Waals surface area (Å²) in [7, 11) is 0. The van der Waals surface area contributed by atoms with Gasteiger partial charge < -0.3 is 5.32 Å². The molecule has 0 aliphatic carbocycles. The second kappa shape index (κ2) is 7.19. The van der Waals surface area contributed by atoms with E-state index in [1.54, 1.807) is 18.2 Å². The fourth-order valence-corrected chi connectivity index (χ4v) is 2.34. The number of hydrogen-bond acceptors (Lipinski definition) is 3. The van der Waals surface area contributed by atoms with Crippen molar-refractivity contribution in [2.45, 2.75) is 6.54 Å². The SMILES string of the molecule is O=C(NCc1ccccc1Cl)c1cnc(-c2cccc(F)c2)nc1. The summed E-state index contributed by atoms with van der Waals surface area (Å²) in [5.74, 6) is -0.310. The highest BCUT2D eigenvalue weighted by Crippen LogP contribution is 2.16. The highest BCUT2D eigenvalue weighted by atomic mass is 35.5. The van der Waals surface area contributed by atoms with E-state index in [1.807, 2.05) is 18.2 Å². The predicted octanol–water partition coefficient (Wildman–Crippen LogP) is 3.87. The Morgan fingerprint density at radius 1 is 1.08 bits per heavy atom. The Balaban J connectivity index is 1.69. The molecule has 0 atom stereocenters. The van der Waals surface area contributed by atoms with Crippen LogP contribution in [-0.2, 0) is 6.54 Å². The van der Waals surface area contributed by atoms with Crippen LogP contribution in [0.2, 0.25) is 5.02 Å². The number of rotatable bonds is 4. The molecule has 0 spiro atoms. The standard InChI is InChI=1S/C18H13ClFN3O/c19-16-7-2-1-4-13(16)9-23-18(24)14-10-21-17(22-11-14)12-5-3-6-15(20)8-12/h1-8,10-11H,9H2,(H,23,24). The van der Waals surface area contributed by atoms with E-state index in [9.17, 15) is 9.18 Å². The van der Waals surface area contributed by atoms with Crippen LogP contribution in [0.15, 0.2) is 60.9 Å². The molecule has 6 heteroatoms. The van der Waals surface area contributed by atoms with E-state index < -0.39 is 0 Å². The van der Waals surface area contributed by atoms with Gasteiger partial charge in [-0.2, -0.15) is 0 Å². The third-order valence-corrected chi connectivity index (χ3v) is 3.76. The van der Waals surface area contributed by atoms with Gasteiger partial charge in [0.2, 0.25) is 0 Å². The van der Waals surface area contributed by atoms with Crippen LogP contribution < -0.4 is 5.32 Å². The summed E-state index contributed by atoms with van der Waals surface area (Å²) in [6, 6.07) is 13.3. The summed E-state index contributed by atoms with van der Waals surface area (Å²) >= 11 is 6.05. The predicted molar refractivity (Wildman–Crippen MR) is 90.0 cm³/mol. The first-order valence-electron chi connectivity index (χ1n) is 7.23. The zero-order valence-corrected chi connectivity index (χ0v) is 13.3. The first-order valence-corrected chi connectivity index (χ1v) is 7.61. The molecule has 2 aromatic carbocycles. The molecule has 0 saturated carbocycles. The van der Waals surface area contributed by atoms with Crippen LogP contribution in [0.1, 0.15) is 15.9 Å². The lowest BCUT2D eigenvalue weighted by Crippen LogP contribution is -2.23. The maximum atomic E-state index is 13.2. The van der Waals surface area contributed by atoms with Crippen molar-refractivity contribution in [1.82, 2.24) is 15.3 Å². The van der Waals surface area contributed by atoms with Gasteiger partial charge in [0.1, 0.15) is 5.82 Å². The van der Waals surface area contributed by atoms with Crippen LogP contribution in [0, 0.1) is 5.82 Å². The molecule has 0 unspecified atom stereocenters. The van der Waals surface area contributed by atoms with Crippen LogP contribution in [0.5, 0.6) is 0 Å². The number of halogens is 2. The molecule has 1 heterocycles. The second-order valence-corrected chi connectivity index (χ2v) is 5.49. The van der Waals surface area contributed by atoms with Crippen molar-refractivity contribution in [3.63, 3.8) is 0 Å². The summed E-state index contributed by atoms with van der Waals surface area (Å²) in [6.45, 7) is 0.310. The van der Waals surface area contributed by atoms with Crippen LogP contribution >= 0.6 is 11.6 Å². The van der Waals surface area contributed by atoms with Crippen LogP contribution in [0.4, 0.5) is 4.39 Å². The van der Waals surface area contributed by atoms with Crippen LogP contribution in [-0.4, -0.2) is 15.9 Å². The molecule has 0 fully saturated rings. The van der Waals surface area contributed by atoms with Crippen LogP contribution in [0.25, 0.3) is 11.4 Å². The van der Waals surface area contributed by atoms with E-state index >= 15 is 0 Å². The second-order valence-electron chi connectivity index (χ2n) is 5.08. The van der Waals surface area contributed by atoms with E-state index in [0.29, 0.717) is 28.5 Å². The van der Waals surface area contributed by atoms with Gasteiger partial charge in [0.15, 0.2) is 5.82 Å². The minimum Gasteiger partial charge on any atom is -0.348 e. The first kappa shape index (κ1) is 16.1. The molecule has 0 saturated heterocycles. The molecular formula is C18H13ClFN3O. The molecule has 4 nitrogen and oxygen atoms in total. The summed E-state index contributed by atoms with van der Waals surface area (Å²) in [4.78, 5) is 20.4. The highest BCUT2D eigenvalue weighted by molar-refractivity contribution is 6.31. The van der Waals surface area contributed by atoms with Gasteiger partial charge in [-0.25, -0.2) is 14.4 Å². The highest BCUT2D eigenvalue weighted by Gasteiger charge is 2.09. The Morgan fingerprint density at radius 3 is 2.54 bits per heavy atom. The molecule has 0 aliphatic rings. The molecule has 24 heavy (non-hydrogen) atoms. The molecule has 120 valence electrons. The van der Waals surface area contributed by atoms with Gasteiger partial charge in [0, 0.05) is 29.5 Å². The first-order chi connectivity index (χ1) is 11.6. The Kier molecular flexibility index (Phi) is 4.82. The molecule has 1 N–H and O–H groups in total. The van der Waals surface area contributed by atoms with Crippen molar-refractivity contribution in [2.75, 3.05) is 0 Å². The number of nitrogens with zero attached hydrogens (tertiary/aromatic N) is 2. The lowest BCUT2D eigenvalue weighted by Gasteiger charge is -2.07. The van der Waals surface area contributed by atoms with Crippen LogP contribution in [0.3, 0.4) is 0 Å². The topological polar surface area (TPSA) is 54.9 Å². The minimum absolute atomic E-state index is 0.305. The summed E-state index contributed by atoms with van der Waals surface area (Å²) in [5, 5.41) is 3.35. The zero-order valence-electron chi connectivity index (χ0n) is 12.5. The number of carbonyl (C=O) groups is 1. The number of hydrogen-bond donors (Lipinski definition) is 1. The normalized spacial score (nSPS) is 10.4. The average Bonchev–Trinajstić information content (AvgIpc) is 2.61. The van der Waals surface area contributed by atoms with E-state index in [4.69, 9.17) is 11.6 Å². The maximum Gasteiger partial charge on any atom is 0.254 e. The van der Waals surface area contributed by atoms with Gasteiger partial charge in [-0.05, 0) is 23.8 Å². The Morgan fingerprint density at radius 2 is 1.83 bits per heavy atom. The van der Waals surface area contributed by atoms with Gasteiger partial charge in [-0.15, -0.1) is 0 Å². The van der Waals surface area contributed by atoms with Gasteiger partial charge in [-0.1, -0.05) is 41.9 Å². The molecule has 0 bridgehead atoms. The number of benzene rings is 2. The van der Waals surface area contributed by atoms with Gasteiger partial charge in [0.05, 0.1) is 5.56 Å². The molecule has 1 aromatic heterocycles. The molecular weight excluding hydrogens is 329 g/mol. The lowest BCUT2D eigenvalue weighted by molar-refractivity contribution is 0.0950. The smallest absolute Gasteiger partial charge is 0.254 e. The largest absolute Gasteiger partial charge is 0.348 e. The molecule has 0 radical (unpaired) electrons. The monoisotopic (exact) mass is 341 g/mol. The van der Waals surface area contributed by atoms with Gasteiger partial charge >= 0.3 is 0 Å². The summed E-state index contributed by atoms with van der Waals surface area (Å²) in [6.07, 6.45) is 2.82. The van der Waals surface area contributed by atoms with Gasteiger partial charge in [-0.3, -0.25) is 4.79 Å². The number of nitrogens with one attached hydrogen (secondary N) is 1. The third kappa shape index (κ3) is 3.75. The van der Waals surface area contributed by atoms with Crippen molar-refractivity contribution in [2.24, 2.45) is 0 Å². The summed E-state index contributed by atoms with van der Waals surface area (Å²) in [5.41, 5.74) is 1.70. The van der Waals surface area contributed by atoms with E-state index in [-0.39, 0.29) is 11.7 Å². The van der Waals surface area contributed by atoms with E-state index in [1.165, 1.54) is 24.5 Å². The number of carbonyl (C=O) groups excluding carboxylic acids is 1. The zero-order chi connectivity index (χ0) is 16.9.